The van der Waals surface area contributed by atoms with Crippen LogP contribution in [0.25, 0.3) is 0 Å². The van der Waals surface area contributed by atoms with Crippen molar-refractivity contribution in [2.24, 2.45) is 5.73 Å². The molecule has 1 unspecified atom stereocenters. The van der Waals surface area contributed by atoms with Crippen LogP contribution in [-0.2, 0) is 0 Å². The minimum atomic E-state index is -0.511. The highest BCUT2D eigenvalue weighted by Gasteiger charge is 2.27. The first-order valence-corrected chi connectivity index (χ1v) is 7.89. The molecule has 0 radical (unpaired) electrons. The number of nitrogens with two attached hydrogens (primary N) is 1. The molecular formula is C17H19ClN4O. The number of carbonyl (C=O) groups excluding carboxylic acids is 1. The molecule has 0 saturated carbocycles. The van der Waals surface area contributed by atoms with Crippen LogP contribution < -0.4 is 10.6 Å². The molecule has 1 aliphatic heterocycles. The Hall–Kier alpha value is -2.11. The number of amides is 1. The van der Waals surface area contributed by atoms with E-state index in [1.54, 1.807) is 12.3 Å². The number of benzene rings is 1. The number of nitrogens with zero attached hydrogens (tertiary/aromatic N) is 3. The summed E-state index contributed by atoms with van der Waals surface area (Å²) in [4.78, 5) is 19.9. The molecule has 2 aromatic rings. The Kier molecular flexibility index (Phi) is 4.50. The molecule has 6 heteroatoms. The fourth-order valence-electron chi connectivity index (χ4n) is 2.94. The molecule has 1 aromatic carbocycles. The van der Waals surface area contributed by atoms with Crippen molar-refractivity contribution in [3.8, 4) is 0 Å². The summed E-state index contributed by atoms with van der Waals surface area (Å²) in [6.07, 6.45) is 1.62. The van der Waals surface area contributed by atoms with Gasteiger partial charge in [-0.15, -0.1) is 0 Å². The Morgan fingerprint density at radius 2 is 2.09 bits per heavy atom. The third-order valence-corrected chi connectivity index (χ3v) is 4.62. The van der Waals surface area contributed by atoms with Gasteiger partial charge in [-0.3, -0.25) is 14.7 Å². The van der Waals surface area contributed by atoms with Gasteiger partial charge < -0.3 is 10.6 Å². The van der Waals surface area contributed by atoms with Crippen molar-refractivity contribution in [3.05, 3.63) is 58.9 Å². The zero-order valence-corrected chi connectivity index (χ0v) is 13.7. The quantitative estimate of drug-likeness (QED) is 0.938. The lowest BCUT2D eigenvalue weighted by Gasteiger charge is -2.41. The van der Waals surface area contributed by atoms with E-state index in [1.807, 2.05) is 24.3 Å². The molecular weight excluding hydrogens is 312 g/mol. The maximum absolute atomic E-state index is 11.3. The van der Waals surface area contributed by atoms with Gasteiger partial charge in [0.1, 0.15) is 5.69 Å². The number of aromatic nitrogens is 1. The van der Waals surface area contributed by atoms with E-state index < -0.39 is 5.91 Å². The van der Waals surface area contributed by atoms with Gasteiger partial charge in [-0.05, 0) is 30.8 Å². The lowest BCUT2D eigenvalue weighted by atomic mass is 10.0. The van der Waals surface area contributed by atoms with Gasteiger partial charge in [0, 0.05) is 36.5 Å². The van der Waals surface area contributed by atoms with Crippen molar-refractivity contribution < 1.29 is 4.79 Å². The molecule has 2 N–H and O–H groups in total. The number of anilines is 1. The van der Waals surface area contributed by atoms with Gasteiger partial charge in [0.05, 0.1) is 6.04 Å². The molecule has 1 aliphatic rings. The summed E-state index contributed by atoms with van der Waals surface area (Å²) >= 11 is 6.37. The Morgan fingerprint density at radius 1 is 1.30 bits per heavy atom. The molecule has 0 aliphatic carbocycles. The second kappa shape index (κ2) is 6.56. The van der Waals surface area contributed by atoms with Gasteiger partial charge in [0.2, 0.25) is 0 Å². The number of hydrogen-bond donors (Lipinski definition) is 1. The van der Waals surface area contributed by atoms with Crippen LogP contribution >= 0.6 is 11.6 Å². The molecule has 5 nitrogen and oxygen atoms in total. The molecule has 1 aromatic heterocycles. The minimum absolute atomic E-state index is 0.197. The second-order valence-electron chi connectivity index (χ2n) is 5.73. The van der Waals surface area contributed by atoms with E-state index in [4.69, 9.17) is 17.3 Å². The van der Waals surface area contributed by atoms with Crippen LogP contribution in [0, 0.1) is 0 Å². The standard InChI is InChI=1S/C17H19ClN4O/c1-21-8-9-22(12-6-7-20-15(10-12)17(19)23)11-16(21)13-4-2-3-5-14(13)18/h2-7,10,16H,8-9,11H2,1H3,(H2,19,23). The Labute approximate surface area is 140 Å². The molecule has 2 heterocycles. The summed E-state index contributed by atoms with van der Waals surface area (Å²) in [7, 11) is 2.10. The maximum atomic E-state index is 11.3. The molecule has 1 saturated heterocycles. The molecule has 3 rings (SSSR count). The predicted octanol–water partition coefficient (Wildman–Crippen LogP) is 2.33. The number of primary amides is 1. The monoisotopic (exact) mass is 330 g/mol. The highest BCUT2D eigenvalue weighted by atomic mass is 35.5. The van der Waals surface area contributed by atoms with Gasteiger partial charge >= 0.3 is 0 Å². The zero-order chi connectivity index (χ0) is 16.4. The number of pyridine rings is 1. The summed E-state index contributed by atoms with van der Waals surface area (Å²) in [6.45, 7) is 2.58. The highest BCUT2D eigenvalue weighted by molar-refractivity contribution is 6.31. The first-order valence-electron chi connectivity index (χ1n) is 7.51. The average molecular weight is 331 g/mol. The molecule has 120 valence electrons. The summed E-state index contributed by atoms with van der Waals surface area (Å²) in [5, 5.41) is 0.777. The second-order valence-corrected chi connectivity index (χ2v) is 6.13. The van der Waals surface area contributed by atoms with Crippen molar-refractivity contribution in [2.75, 3.05) is 31.6 Å². The average Bonchev–Trinajstić information content (AvgIpc) is 2.56. The van der Waals surface area contributed by atoms with Crippen molar-refractivity contribution >= 4 is 23.2 Å². The Morgan fingerprint density at radius 3 is 2.83 bits per heavy atom. The van der Waals surface area contributed by atoms with Gasteiger partial charge in [0.15, 0.2) is 0 Å². The van der Waals surface area contributed by atoms with Crippen molar-refractivity contribution in [1.29, 1.82) is 0 Å². The molecule has 1 atom stereocenters. The highest BCUT2D eigenvalue weighted by Crippen LogP contribution is 2.31. The molecule has 0 spiro atoms. The Bertz CT molecular complexity index is 721. The number of carbonyl (C=O) groups is 1. The normalized spacial score (nSPS) is 18.9. The van der Waals surface area contributed by atoms with E-state index in [1.165, 1.54) is 0 Å². The fourth-order valence-corrected chi connectivity index (χ4v) is 3.20. The largest absolute Gasteiger partial charge is 0.368 e. The van der Waals surface area contributed by atoms with Crippen LogP contribution in [0.4, 0.5) is 5.69 Å². The molecule has 0 bridgehead atoms. The summed E-state index contributed by atoms with van der Waals surface area (Å²) in [6, 6.07) is 11.8. The van der Waals surface area contributed by atoms with Crippen LogP contribution in [-0.4, -0.2) is 42.5 Å². The van der Waals surface area contributed by atoms with Crippen LogP contribution in [0.2, 0.25) is 5.02 Å². The van der Waals surface area contributed by atoms with E-state index >= 15 is 0 Å². The topological polar surface area (TPSA) is 62.5 Å². The first-order chi connectivity index (χ1) is 11.1. The smallest absolute Gasteiger partial charge is 0.267 e. The number of likely N-dealkylation sites (N-methyl/N-ethyl adjacent to an activating group) is 1. The van der Waals surface area contributed by atoms with Gasteiger partial charge in [-0.2, -0.15) is 0 Å². The third-order valence-electron chi connectivity index (χ3n) is 4.27. The summed E-state index contributed by atoms with van der Waals surface area (Å²) in [5.41, 5.74) is 7.69. The van der Waals surface area contributed by atoms with Crippen LogP contribution in [0.5, 0.6) is 0 Å². The van der Waals surface area contributed by atoms with Crippen LogP contribution in [0.1, 0.15) is 22.1 Å². The number of hydrogen-bond acceptors (Lipinski definition) is 4. The number of halogens is 1. The number of rotatable bonds is 3. The van der Waals surface area contributed by atoms with E-state index in [-0.39, 0.29) is 11.7 Å². The molecule has 1 fully saturated rings. The molecule has 23 heavy (non-hydrogen) atoms. The van der Waals surface area contributed by atoms with Gasteiger partial charge in [-0.25, -0.2) is 0 Å². The van der Waals surface area contributed by atoms with E-state index in [0.29, 0.717) is 0 Å². The summed E-state index contributed by atoms with van der Waals surface area (Å²) < 4.78 is 0. The predicted molar refractivity (Wildman–Crippen MR) is 91.8 cm³/mol. The fraction of sp³-hybridized carbons (Fsp3) is 0.294. The lowest BCUT2D eigenvalue weighted by Crippen LogP contribution is -2.46. The van der Waals surface area contributed by atoms with E-state index in [0.717, 1.165) is 35.9 Å². The number of piperazine rings is 1. The van der Waals surface area contributed by atoms with Gasteiger partial charge in [0.25, 0.3) is 5.91 Å². The van der Waals surface area contributed by atoms with E-state index in [9.17, 15) is 4.79 Å². The van der Waals surface area contributed by atoms with Gasteiger partial charge in [-0.1, -0.05) is 29.8 Å². The SMILES string of the molecule is CN1CCN(c2ccnc(C(N)=O)c2)CC1c1ccccc1Cl. The van der Waals surface area contributed by atoms with E-state index in [2.05, 4.69) is 27.9 Å². The van der Waals surface area contributed by atoms with Crippen LogP contribution in [0.15, 0.2) is 42.6 Å². The maximum Gasteiger partial charge on any atom is 0.267 e. The summed E-state index contributed by atoms with van der Waals surface area (Å²) in [5.74, 6) is -0.511. The zero-order valence-electron chi connectivity index (χ0n) is 12.9. The molecule has 1 amide bonds. The minimum Gasteiger partial charge on any atom is -0.368 e. The van der Waals surface area contributed by atoms with Crippen molar-refractivity contribution in [2.45, 2.75) is 6.04 Å². The third kappa shape index (κ3) is 3.30. The van der Waals surface area contributed by atoms with Crippen molar-refractivity contribution in [3.63, 3.8) is 0 Å². The lowest BCUT2D eigenvalue weighted by molar-refractivity contribution is 0.0995. The van der Waals surface area contributed by atoms with Crippen molar-refractivity contribution in [1.82, 2.24) is 9.88 Å². The van der Waals surface area contributed by atoms with Crippen LogP contribution in [0.3, 0.4) is 0 Å². The Balaban J connectivity index is 1.87. The first kappa shape index (κ1) is 15.8.